The van der Waals surface area contributed by atoms with Crippen LogP contribution < -0.4 is 15.8 Å². The Bertz CT molecular complexity index is 1460. The third-order valence-corrected chi connectivity index (χ3v) is 13.3. The average Bonchev–Trinajstić information content (AvgIpc) is 4.00. The molecule has 7 unspecified atom stereocenters. The summed E-state index contributed by atoms with van der Waals surface area (Å²) in [4.78, 5) is 5.12. The first-order valence-electron chi connectivity index (χ1n) is 21.6. The monoisotopic (exact) mass is 764 g/mol. The summed E-state index contributed by atoms with van der Waals surface area (Å²) in [6.07, 6.45) is 21.7. The van der Waals surface area contributed by atoms with E-state index in [1.807, 2.05) is 25.1 Å². The van der Waals surface area contributed by atoms with Gasteiger partial charge in [0.25, 0.3) is 0 Å². The Hall–Kier alpha value is -2.73. The second-order valence-corrected chi connectivity index (χ2v) is 17.3. The molecule has 1 spiro atoms. The zero-order valence-electron chi connectivity index (χ0n) is 33.3. The number of aromatic hydroxyl groups is 1. The molecule has 0 aromatic heterocycles. The predicted molar refractivity (Wildman–Crippen MR) is 216 cm³/mol. The van der Waals surface area contributed by atoms with Gasteiger partial charge >= 0.3 is 0 Å². The normalized spacial score (nSPS) is 25.9. The molecule has 0 saturated heterocycles. The second-order valence-electron chi connectivity index (χ2n) is 17.3. The number of hydrogen-bond donors (Lipinski definition) is 7. The summed E-state index contributed by atoms with van der Waals surface area (Å²) in [6, 6.07) is 6.17. The lowest BCUT2D eigenvalue weighted by atomic mass is 9.66. The smallest absolute Gasteiger partial charge is 0.190 e. The van der Waals surface area contributed by atoms with Crippen LogP contribution in [0.5, 0.6) is 11.5 Å². The number of nitrogens with one attached hydrogen (secondary N) is 1. The van der Waals surface area contributed by atoms with Gasteiger partial charge in [-0.1, -0.05) is 63.2 Å². The fourth-order valence-corrected chi connectivity index (χ4v) is 10.4. The molecule has 306 valence electrons. The van der Waals surface area contributed by atoms with E-state index in [0.29, 0.717) is 54.3 Å². The summed E-state index contributed by atoms with van der Waals surface area (Å²) in [7, 11) is 0. The number of ether oxygens (including phenoxy) is 2. The summed E-state index contributed by atoms with van der Waals surface area (Å²) in [5.74, 6) is 3.75. The first-order chi connectivity index (χ1) is 26.7. The molecule has 7 atom stereocenters. The molecule has 10 heteroatoms. The number of rotatable bonds is 22. The fraction of sp³-hybridized carbons (Fsp3) is 0.711. The first-order valence-corrected chi connectivity index (χ1v) is 21.6. The van der Waals surface area contributed by atoms with E-state index >= 15 is 0 Å². The molecule has 3 fully saturated rings. The Morgan fingerprint density at radius 3 is 2.64 bits per heavy atom. The lowest BCUT2D eigenvalue weighted by Crippen LogP contribution is -2.37. The number of aryl methyl sites for hydroxylation is 1. The van der Waals surface area contributed by atoms with Crippen molar-refractivity contribution in [2.24, 2.45) is 33.9 Å². The van der Waals surface area contributed by atoms with Crippen LogP contribution in [0.4, 0.5) is 0 Å². The second kappa shape index (κ2) is 20.1. The number of aliphatic hydroxyl groups is 4. The van der Waals surface area contributed by atoms with Gasteiger partial charge in [-0.05, 0) is 99.7 Å². The third-order valence-electron chi connectivity index (χ3n) is 13.3. The molecule has 8 N–H and O–H groups in total. The van der Waals surface area contributed by atoms with Crippen LogP contribution in [-0.2, 0) is 11.2 Å². The van der Waals surface area contributed by atoms with Gasteiger partial charge in [-0.3, -0.25) is 0 Å². The number of nitrogens with two attached hydrogens (primary N) is 1. The van der Waals surface area contributed by atoms with Gasteiger partial charge in [-0.25, -0.2) is 0 Å². The van der Waals surface area contributed by atoms with Gasteiger partial charge in [0.15, 0.2) is 29.4 Å². The molecule has 1 aromatic carbocycles. The summed E-state index contributed by atoms with van der Waals surface area (Å²) < 4.78 is 12.4. The van der Waals surface area contributed by atoms with E-state index in [0.717, 1.165) is 87.3 Å². The van der Waals surface area contributed by atoms with Crippen molar-refractivity contribution in [2.75, 3.05) is 32.9 Å². The summed E-state index contributed by atoms with van der Waals surface area (Å²) >= 11 is 0. The number of nitrogens with zero attached hydrogens (tertiary/aromatic N) is 1. The Morgan fingerprint density at radius 2 is 1.85 bits per heavy atom. The minimum atomic E-state index is -0.934. The van der Waals surface area contributed by atoms with E-state index in [-0.39, 0.29) is 37.7 Å². The van der Waals surface area contributed by atoms with Crippen molar-refractivity contribution in [3.8, 4) is 11.5 Å². The van der Waals surface area contributed by atoms with Crippen LogP contribution in [0.25, 0.3) is 0 Å². The maximum atomic E-state index is 11.4. The minimum absolute atomic E-state index is 0.0167. The fourth-order valence-electron chi connectivity index (χ4n) is 10.4. The highest BCUT2D eigenvalue weighted by atomic mass is 16.5. The number of allylic oxidation sites excluding steroid dienone is 1. The number of aliphatic imine (C=N–C) groups is 1. The van der Waals surface area contributed by atoms with E-state index in [9.17, 15) is 20.4 Å². The maximum Gasteiger partial charge on any atom is 0.190 e. The van der Waals surface area contributed by atoms with Crippen molar-refractivity contribution in [3.63, 3.8) is 0 Å². The van der Waals surface area contributed by atoms with Crippen LogP contribution in [0.3, 0.4) is 0 Å². The Balaban J connectivity index is 1.00. The highest BCUT2D eigenvalue weighted by molar-refractivity contribution is 6.04. The van der Waals surface area contributed by atoms with Crippen molar-refractivity contribution >= 4 is 5.71 Å². The third kappa shape index (κ3) is 10.8. The highest BCUT2D eigenvalue weighted by Crippen LogP contribution is 2.60. The Morgan fingerprint density at radius 1 is 1.05 bits per heavy atom. The van der Waals surface area contributed by atoms with Gasteiger partial charge < -0.3 is 46.1 Å². The van der Waals surface area contributed by atoms with Crippen LogP contribution >= 0.6 is 0 Å². The average molecular weight is 764 g/mol. The Labute approximate surface area is 329 Å². The van der Waals surface area contributed by atoms with Gasteiger partial charge in [0.1, 0.15) is 12.2 Å². The number of aliphatic hydroxyl groups excluding tert-OH is 4. The number of phenols is 1. The molecule has 3 saturated carbocycles. The SMILES string of the molecule is CC(O)CNCC1C2=C[C+](C(O)COc3cc(CCC4=C[C-](CO)C(CCCCCCC(N)CCCO)O4)ccc3O)N=C2CC2(CCCC2)C2CCCC12. The molecule has 0 amide bonds. The number of hydrogen-bond acceptors (Lipinski definition) is 10. The predicted octanol–water partition coefficient (Wildman–Crippen LogP) is 6.23. The maximum absolute atomic E-state index is 11.4. The molecule has 10 nitrogen and oxygen atoms in total. The van der Waals surface area contributed by atoms with Crippen molar-refractivity contribution in [3.05, 3.63) is 59.2 Å². The van der Waals surface area contributed by atoms with Gasteiger partial charge in [0, 0.05) is 38.4 Å². The zero-order chi connectivity index (χ0) is 38.8. The van der Waals surface area contributed by atoms with E-state index < -0.39 is 12.2 Å². The van der Waals surface area contributed by atoms with E-state index in [2.05, 4.69) is 11.4 Å². The molecular formula is C45H69N3O7. The quantitative estimate of drug-likeness (QED) is 0.0534. The van der Waals surface area contributed by atoms with E-state index in [1.165, 1.54) is 50.5 Å². The van der Waals surface area contributed by atoms with Gasteiger partial charge in [0.2, 0.25) is 0 Å². The van der Waals surface area contributed by atoms with Crippen molar-refractivity contribution < 1.29 is 35.0 Å². The zero-order valence-corrected chi connectivity index (χ0v) is 33.3. The van der Waals surface area contributed by atoms with Crippen molar-refractivity contribution in [1.82, 2.24) is 5.32 Å². The molecule has 55 heavy (non-hydrogen) atoms. The van der Waals surface area contributed by atoms with Crippen LogP contribution in [0.1, 0.15) is 122 Å². The Kier molecular flexibility index (Phi) is 15.3. The van der Waals surface area contributed by atoms with Crippen LogP contribution in [0, 0.1) is 35.1 Å². The van der Waals surface area contributed by atoms with Gasteiger partial charge in [-0.15, -0.1) is 4.99 Å². The number of unbranched alkanes of at least 4 members (excludes halogenated alkanes) is 3. The molecule has 0 radical (unpaired) electrons. The summed E-state index contributed by atoms with van der Waals surface area (Å²) in [6.45, 7) is 3.35. The largest absolute Gasteiger partial charge is 0.592 e. The lowest BCUT2D eigenvalue weighted by Gasteiger charge is -2.37. The standard InChI is InChI=1S/C45H69N3O7/c1-30(51)26-47-27-37-35-12-8-13-38(35)45(19-6-7-20-45)25-40-36(37)24-39(48-40)42(53)29-54-44-22-31(16-18-41(44)52)15-17-34-23-32(28-50)43(55-34)14-5-3-2-4-10-33(46)11-9-21-49/h16,18,22-24,30,33,35,37-38,42-43,47,49-53H,2-15,17,19-21,25-29,46H2,1H3. The first kappa shape index (κ1) is 41.9. The number of fused-ring (bicyclic) bond motifs is 3. The molecule has 3 aliphatic carbocycles. The molecule has 1 aromatic rings. The summed E-state index contributed by atoms with van der Waals surface area (Å²) in [5, 5.41) is 54.6. The molecule has 0 bridgehead atoms. The van der Waals surface area contributed by atoms with Gasteiger partial charge in [0.05, 0.1) is 24.5 Å². The lowest BCUT2D eigenvalue weighted by molar-refractivity contribution is 0.113. The molecule has 2 aliphatic heterocycles. The van der Waals surface area contributed by atoms with Crippen LogP contribution in [0.15, 0.2) is 46.7 Å². The molecule has 2 heterocycles. The van der Waals surface area contributed by atoms with Crippen molar-refractivity contribution in [1.29, 1.82) is 0 Å². The van der Waals surface area contributed by atoms with Gasteiger partial charge in [-0.2, -0.15) is 12.0 Å². The molecular weight excluding hydrogens is 695 g/mol. The molecule has 5 aliphatic rings. The number of benzene rings is 1. The molecule has 6 rings (SSSR count). The number of phenolic OH excluding ortho intramolecular Hbond substituents is 1. The van der Waals surface area contributed by atoms with E-state index in [4.69, 9.17) is 25.3 Å². The van der Waals surface area contributed by atoms with E-state index in [1.54, 1.807) is 6.07 Å². The van der Waals surface area contributed by atoms with Crippen LogP contribution in [-0.4, -0.2) is 88.5 Å². The van der Waals surface area contributed by atoms with Crippen molar-refractivity contribution in [2.45, 2.75) is 147 Å². The minimum Gasteiger partial charge on any atom is -0.592 e. The summed E-state index contributed by atoms with van der Waals surface area (Å²) in [5.41, 5.74) is 9.80. The highest BCUT2D eigenvalue weighted by Gasteiger charge is 2.57. The van der Waals surface area contributed by atoms with Crippen LogP contribution in [0.2, 0.25) is 0 Å². The topological polar surface area (TPSA) is 170 Å².